The third-order valence-corrected chi connectivity index (χ3v) is 4.55. The average Bonchev–Trinajstić information content (AvgIpc) is 3.32. The van der Waals surface area contributed by atoms with E-state index in [0.717, 1.165) is 0 Å². The molecular weight excluding hydrogens is 438 g/mol. The van der Waals surface area contributed by atoms with E-state index in [2.05, 4.69) is 25.7 Å². The molecule has 1 aromatic carbocycles. The molecule has 1 amide bonds. The van der Waals surface area contributed by atoms with Crippen molar-refractivity contribution < 1.29 is 19.4 Å². The van der Waals surface area contributed by atoms with Crippen LogP contribution < -0.4 is 10.2 Å². The molecule has 0 saturated heterocycles. The number of ether oxygens (including phenoxy) is 1. The highest BCUT2D eigenvalue weighted by Crippen LogP contribution is 2.22. The van der Waals surface area contributed by atoms with E-state index in [1.165, 1.54) is 42.9 Å². The van der Waals surface area contributed by atoms with E-state index in [9.17, 15) is 25.0 Å². The molecule has 3 aromatic rings. The average molecular weight is 457 g/mol. The Morgan fingerprint density at radius 2 is 2.00 bits per heavy atom. The molecule has 15 nitrogen and oxygen atoms in total. The minimum atomic E-state index is -0.691. The van der Waals surface area contributed by atoms with Gasteiger partial charge in [-0.1, -0.05) is 4.98 Å². The first-order valence-corrected chi connectivity index (χ1v) is 9.40. The fraction of sp³-hybridized carbons (Fsp3) is 0.278. The van der Waals surface area contributed by atoms with Gasteiger partial charge in [-0.15, -0.1) is 0 Å². The molecular formula is C18H19N9O6. The second kappa shape index (κ2) is 9.63. The van der Waals surface area contributed by atoms with Gasteiger partial charge in [0.25, 0.3) is 5.91 Å². The van der Waals surface area contributed by atoms with Gasteiger partial charge in [-0.2, -0.15) is 14.9 Å². The summed E-state index contributed by atoms with van der Waals surface area (Å²) in [5.41, 5.74) is 3.97. The standard InChI is InChI=1S/C18H19N9O6/c1-11-17(26(29)30)12(2)25(22-11)9-16(28)21-20-7-13-4-5-15(33-3)14(6-13)8-24-10-19-18(23-24)27(31)32/h4-7,10H,8-9H2,1-3H3,(H,21,28). The van der Waals surface area contributed by atoms with Crippen molar-refractivity contribution in [2.45, 2.75) is 26.9 Å². The summed E-state index contributed by atoms with van der Waals surface area (Å²) in [6.45, 7) is 2.93. The van der Waals surface area contributed by atoms with Gasteiger partial charge in [0.05, 0.1) is 24.8 Å². The molecule has 15 heteroatoms. The number of aryl methyl sites for hydroxylation is 1. The Bertz CT molecular complexity index is 1250. The van der Waals surface area contributed by atoms with Crippen molar-refractivity contribution >= 4 is 23.8 Å². The molecule has 0 spiro atoms. The lowest BCUT2D eigenvalue weighted by molar-refractivity contribution is -0.394. The van der Waals surface area contributed by atoms with E-state index in [1.54, 1.807) is 18.2 Å². The molecule has 3 rings (SSSR count). The summed E-state index contributed by atoms with van der Waals surface area (Å²) in [4.78, 5) is 36.4. The highest BCUT2D eigenvalue weighted by molar-refractivity contribution is 5.82. The lowest BCUT2D eigenvalue weighted by Gasteiger charge is -2.08. The van der Waals surface area contributed by atoms with Gasteiger partial charge in [0.15, 0.2) is 0 Å². The monoisotopic (exact) mass is 457 g/mol. The van der Waals surface area contributed by atoms with Crippen LogP contribution in [0.15, 0.2) is 29.6 Å². The van der Waals surface area contributed by atoms with Crippen LogP contribution >= 0.6 is 0 Å². The van der Waals surface area contributed by atoms with Gasteiger partial charge in [-0.25, -0.2) is 5.43 Å². The van der Waals surface area contributed by atoms with Crippen LogP contribution in [0.25, 0.3) is 0 Å². The Morgan fingerprint density at radius 3 is 2.61 bits per heavy atom. The number of hydrogen-bond donors (Lipinski definition) is 1. The van der Waals surface area contributed by atoms with Crippen molar-refractivity contribution in [2.24, 2.45) is 5.10 Å². The topological polar surface area (TPSA) is 186 Å². The van der Waals surface area contributed by atoms with Gasteiger partial charge in [-0.3, -0.25) is 19.6 Å². The number of methoxy groups -OCH3 is 1. The molecule has 0 saturated carbocycles. The van der Waals surface area contributed by atoms with E-state index < -0.39 is 21.7 Å². The number of hydrogen-bond acceptors (Lipinski definition) is 10. The summed E-state index contributed by atoms with van der Waals surface area (Å²) >= 11 is 0. The molecule has 33 heavy (non-hydrogen) atoms. The predicted molar refractivity (Wildman–Crippen MR) is 113 cm³/mol. The third-order valence-electron chi connectivity index (χ3n) is 4.55. The molecule has 0 unspecified atom stereocenters. The number of rotatable bonds is 9. The van der Waals surface area contributed by atoms with Gasteiger partial charge < -0.3 is 14.9 Å². The van der Waals surface area contributed by atoms with Gasteiger partial charge in [0.2, 0.25) is 6.33 Å². The minimum Gasteiger partial charge on any atom is -0.496 e. The van der Waals surface area contributed by atoms with Crippen LogP contribution in [0.3, 0.4) is 0 Å². The first-order chi connectivity index (χ1) is 15.7. The second-order valence-electron chi connectivity index (χ2n) is 6.80. The Morgan fingerprint density at radius 1 is 1.24 bits per heavy atom. The number of benzene rings is 1. The number of nitro groups is 2. The van der Waals surface area contributed by atoms with Gasteiger partial charge in [0, 0.05) is 10.7 Å². The fourth-order valence-electron chi connectivity index (χ4n) is 3.08. The van der Waals surface area contributed by atoms with Crippen LogP contribution in [-0.2, 0) is 17.9 Å². The minimum absolute atomic E-state index is 0.130. The maximum absolute atomic E-state index is 12.2. The van der Waals surface area contributed by atoms with E-state index in [4.69, 9.17) is 4.74 Å². The number of nitrogens with one attached hydrogen (secondary N) is 1. The van der Waals surface area contributed by atoms with E-state index in [-0.39, 0.29) is 30.2 Å². The summed E-state index contributed by atoms with van der Waals surface area (Å²) in [6, 6.07) is 5.09. The first kappa shape index (κ1) is 23.0. The van der Waals surface area contributed by atoms with Gasteiger partial charge >= 0.3 is 11.6 Å². The Balaban J connectivity index is 1.67. The van der Waals surface area contributed by atoms with Crippen molar-refractivity contribution in [3.8, 4) is 5.75 Å². The quantitative estimate of drug-likeness (QED) is 0.279. The van der Waals surface area contributed by atoms with Crippen molar-refractivity contribution in [1.82, 2.24) is 30.0 Å². The zero-order valence-electron chi connectivity index (χ0n) is 17.8. The van der Waals surface area contributed by atoms with E-state index in [1.807, 2.05) is 0 Å². The number of amides is 1. The maximum Gasteiger partial charge on any atom is 0.490 e. The summed E-state index contributed by atoms with van der Waals surface area (Å²) < 4.78 is 7.84. The smallest absolute Gasteiger partial charge is 0.490 e. The van der Waals surface area contributed by atoms with E-state index in [0.29, 0.717) is 16.9 Å². The summed E-state index contributed by atoms with van der Waals surface area (Å²) in [6.07, 6.45) is 2.64. The van der Waals surface area contributed by atoms with Gasteiger partial charge in [0.1, 0.15) is 23.7 Å². The zero-order valence-corrected chi connectivity index (χ0v) is 17.8. The van der Waals surface area contributed by atoms with Crippen LogP contribution in [0.2, 0.25) is 0 Å². The molecule has 2 heterocycles. The molecule has 0 radical (unpaired) electrons. The molecule has 172 valence electrons. The Labute approximate surface area is 186 Å². The lowest BCUT2D eigenvalue weighted by atomic mass is 10.1. The number of nitrogens with zero attached hydrogens (tertiary/aromatic N) is 8. The van der Waals surface area contributed by atoms with Crippen LogP contribution in [0, 0.1) is 34.1 Å². The Hall–Kier alpha value is -4.69. The highest BCUT2D eigenvalue weighted by Gasteiger charge is 2.22. The zero-order chi connectivity index (χ0) is 24.1. The molecule has 0 fully saturated rings. The van der Waals surface area contributed by atoms with Gasteiger partial charge in [-0.05, 0) is 42.5 Å². The number of aromatic nitrogens is 5. The molecule has 0 aliphatic carbocycles. The van der Waals surface area contributed by atoms with Crippen LogP contribution in [0.5, 0.6) is 5.75 Å². The number of carbonyl (C=O) groups excluding carboxylic acids is 1. The lowest BCUT2D eigenvalue weighted by Crippen LogP contribution is -2.24. The molecule has 0 aliphatic rings. The maximum atomic E-state index is 12.2. The normalized spacial score (nSPS) is 11.0. The first-order valence-electron chi connectivity index (χ1n) is 9.40. The van der Waals surface area contributed by atoms with Crippen molar-refractivity contribution in [1.29, 1.82) is 0 Å². The SMILES string of the molecule is COc1ccc(C=NNC(=O)Cn2nc(C)c([N+](=O)[O-])c2C)cc1Cn1cnc([N+](=O)[O-])n1. The van der Waals surface area contributed by atoms with Crippen LogP contribution in [0.4, 0.5) is 11.6 Å². The second-order valence-corrected chi connectivity index (χ2v) is 6.80. The summed E-state index contributed by atoms with van der Waals surface area (Å²) in [7, 11) is 1.49. The molecule has 1 N–H and O–H groups in total. The highest BCUT2D eigenvalue weighted by atomic mass is 16.6. The van der Waals surface area contributed by atoms with Crippen molar-refractivity contribution in [3.05, 3.63) is 67.3 Å². The number of hydrazone groups is 1. The Kier molecular flexibility index (Phi) is 6.71. The largest absolute Gasteiger partial charge is 0.496 e. The molecule has 0 atom stereocenters. The molecule has 2 aromatic heterocycles. The molecule has 0 aliphatic heterocycles. The third kappa shape index (κ3) is 5.33. The van der Waals surface area contributed by atoms with Crippen LogP contribution in [0.1, 0.15) is 22.5 Å². The van der Waals surface area contributed by atoms with E-state index >= 15 is 0 Å². The molecule has 0 bridgehead atoms. The summed E-state index contributed by atoms with van der Waals surface area (Å²) in [5.74, 6) is -0.502. The fourth-order valence-corrected chi connectivity index (χ4v) is 3.08. The number of carbonyl (C=O) groups is 1. The predicted octanol–water partition coefficient (Wildman–Crippen LogP) is 1.12. The summed E-state index contributed by atoms with van der Waals surface area (Å²) in [5, 5.41) is 33.5. The van der Waals surface area contributed by atoms with Crippen LogP contribution in [-0.4, -0.2) is 53.6 Å². The van der Waals surface area contributed by atoms with Crippen molar-refractivity contribution in [3.63, 3.8) is 0 Å². The van der Waals surface area contributed by atoms with Crippen molar-refractivity contribution in [2.75, 3.05) is 7.11 Å².